The lowest BCUT2D eigenvalue weighted by Gasteiger charge is -2.31. The smallest absolute Gasteiger partial charge is 0.315 e. The van der Waals surface area contributed by atoms with Crippen LogP contribution in [0.2, 0.25) is 0 Å². The Morgan fingerprint density at radius 3 is 2.83 bits per heavy atom. The van der Waals surface area contributed by atoms with Gasteiger partial charge in [-0.1, -0.05) is 17.7 Å². The standard InChI is InChI=1S/C17H27N3O2S/c1-13(2)5-8-20-9-6-14(7-10-20)19-17(22)18-12-15(21)16-4-3-11-23-16/h3-5,11,14-15,21H,6-10,12H2,1-2H3,(H2,18,19,22)/t15-/m1/s1. The summed E-state index contributed by atoms with van der Waals surface area (Å²) >= 11 is 1.49. The first-order chi connectivity index (χ1) is 11.0. The lowest BCUT2D eigenvalue weighted by atomic mass is 10.1. The van der Waals surface area contributed by atoms with Crippen molar-refractivity contribution in [1.29, 1.82) is 0 Å². The summed E-state index contributed by atoms with van der Waals surface area (Å²) in [5, 5.41) is 17.6. The maximum atomic E-state index is 11.9. The molecule has 0 saturated carbocycles. The van der Waals surface area contributed by atoms with Crippen LogP contribution in [0.1, 0.15) is 37.7 Å². The van der Waals surface area contributed by atoms with Crippen molar-refractivity contribution >= 4 is 17.4 Å². The minimum absolute atomic E-state index is 0.191. The van der Waals surface area contributed by atoms with Crippen LogP contribution in [0, 0.1) is 0 Å². The molecule has 1 aliphatic heterocycles. The normalized spacial score (nSPS) is 17.5. The van der Waals surface area contributed by atoms with Crippen LogP contribution in [0.25, 0.3) is 0 Å². The van der Waals surface area contributed by atoms with E-state index in [1.54, 1.807) is 0 Å². The quantitative estimate of drug-likeness (QED) is 0.699. The van der Waals surface area contributed by atoms with Crippen molar-refractivity contribution in [3.8, 4) is 0 Å². The minimum Gasteiger partial charge on any atom is -0.386 e. The van der Waals surface area contributed by atoms with E-state index in [0.717, 1.165) is 37.4 Å². The molecule has 2 rings (SSSR count). The molecule has 6 heteroatoms. The molecule has 1 aromatic heterocycles. The third-order valence-electron chi connectivity index (χ3n) is 4.01. The zero-order chi connectivity index (χ0) is 16.7. The number of hydrogen-bond donors (Lipinski definition) is 3. The van der Waals surface area contributed by atoms with E-state index in [1.165, 1.54) is 16.9 Å². The van der Waals surface area contributed by atoms with Crippen LogP contribution in [0.4, 0.5) is 4.79 Å². The number of amides is 2. The molecule has 0 aliphatic carbocycles. The lowest BCUT2D eigenvalue weighted by Crippen LogP contribution is -2.48. The van der Waals surface area contributed by atoms with E-state index >= 15 is 0 Å². The van der Waals surface area contributed by atoms with Crippen LogP contribution in [-0.4, -0.2) is 48.3 Å². The van der Waals surface area contributed by atoms with Gasteiger partial charge in [0.15, 0.2) is 0 Å². The van der Waals surface area contributed by atoms with Gasteiger partial charge in [-0.25, -0.2) is 4.79 Å². The average Bonchev–Trinajstić information content (AvgIpc) is 3.06. The van der Waals surface area contributed by atoms with Crippen molar-refractivity contribution in [2.24, 2.45) is 0 Å². The lowest BCUT2D eigenvalue weighted by molar-refractivity contribution is 0.172. The first-order valence-corrected chi connectivity index (χ1v) is 9.04. The van der Waals surface area contributed by atoms with Gasteiger partial charge in [0, 0.05) is 30.6 Å². The summed E-state index contributed by atoms with van der Waals surface area (Å²) in [5.74, 6) is 0. The fraction of sp³-hybridized carbons (Fsp3) is 0.588. The number of piperidine rings is 1. The molecule has 1 atom stereocenters. The number of likely N-dealkylation sites (tertiary alicyclic amines) is 1. The molecule has 0 aromatic carbocycles. The van der Waals surface area contributed by atoms with E-state index in [9.17, 15) is 9.90 Å². The maximum Gasteiger partial charge on any atom is 0.315 e. The predicted octanol–water partition coefficient (Wildman–Crippen LogP) is 2.51. The number of aliphatic hydroxyl groups is 1. The molecule has 1 aliphatic rings. The van der Waals surface area contributed by atoms with E-state index in [2.05, 4.69) is 35.5 Å². The van der Waals surface area contributed by atoms with Crippen molar-refractivity contribution in [2.45, 2.75) is 38.8 Å². The van der Waals surface area contributed by atoms with E-state index in [1.807, 2.05) is 17.5 Å². The minimum atomic E-state index is -0.633. The summed E-state index contributed by atoms with van der Waals surface area (Å²) in [5.41, 5.74) is 1.34. The van der Waals surface area contributed by atoms with Crippen LogP contribution in [0.5, 0.6) is 0 Å². The fourth-order valence-electron chi connectivity index (χ4n) is 2.58. The van der Waals surface area contributed by atoms with Crippen molar-refractivity contribution < 1.29 is 9.90 Å². The number of carbonyl (C=O) groups excluding carboxylic acids is 1. The number of urea groups is 1. The van der Waals surface area contributed by atoms with Crippen molar-refractivity contribution in [3.63, 3.8) is 0 Å². The number of thiophene rings is 1. The van der Waals surface area contributed by atoms with Gasteiger partial charge in [-0.15, -0.1) is 11.3 Å². The molecule has 1 fully saturated rings. The van der Waals surface area contributed by atoms with E-state index < -0.39 is 6.10 Å². The van der Waals surface area contributed by atoms with E-state index in [-0.39, 0.29) is 18.6 Å². The molecule has 3 N–H and O–H groups in total. The van der Waals surface area contributed by atoms with Crippen molar-refractivity contribution in [1.82, 2.24) is 15.5 Å². The largest absolute Gasteiger partial charge is 0.386 e. The molecule has 0 spiro atoms. The Bertz CT molecular complexity index is 504. The molecule has 128 valence electrons. The third kappa shape index (κ3) is 6.33. The Morgan fingerprint density at radius 2 is 2.22 bits per heavy atom. The van der Waals surface area contributed by atoms with Gasteiger partial charge in [0.1, 0.15) is 6.10 Å². The fourth-order valence-corrected chi connectivity index (χ4v) is 3.29. The monoisotopic (exact) mass is 337 g/mol. The predicted molar refractivity (Wildman–Crippen MR) is 94.7 cm³/mol. The zero-order valence-electron chi connectivity index (χ0n) is 13.9. The highest BCUT2D eigenvalue weighted by Crippen LogP contribution is 2.17. The average molecular weight is 337 g/mol. The number of nitrogens with one attached hydrogen (secondary N) is 2. The number of hydrogen-bond acceptors (Lipinski definition) is 4. The Labute approximate surface area is 142 Å². The molecule has 5 nitrogen and oxygen atoms in total. The second-order valence-corrected chi connectivity index (χ2v) is 7.22. The van der Waals surface area contributed by atoms with Crippen LogP contribution < -0.4 is 10.6 Å². The number of rotatable bonds is 6. The number of allylic oxidation sites excluding steroid dienone is 1. The van der Waals surface area contributed by atoms with Gasteiger partial charge < -0.3 is 15.7 Å². The molecule has 0 bridgehead atoms. The van der Waals surface area contributed by atoms with Gasteiger partial charge in [-0.05, 0) is 38.1 Å². The highest BCUT2D eigenvalue weighted by Gasteiger charge is 2.20. The topological polar surface area (TPSA) is 64.6 Å². The summed E-state index contributed by atoms with van der Waals surface area (Å²) in [6, 6.07) is 3.80. The summed E-state index contributed by atoms with van der Waals surface area (Å²) < 4.78 is 0. The Hall–Kier alpha value is -1.37. The van der Waals surface area contributed by atoms with Crippen LogP contribution in [0.15, 0.2) is 29.2 Å². The van der Waals surface area contributed by atoms with E-state index in [4.69, 9.17) is 0 Å². The van der Waals surface area contributed by atoms with Crippen LogP contribution in [-0.2, 0) is 0 Å². The Morgan fingerprint density at radius 1 is 1.48 bits per heavy atom. The van der Waals surface area contributed by atoms with Crippen LogP contribution in [0.3, 0.4) is 0 Å². The van der Waals surface area contributed by atoms with Gasteiger partial charge in [-0.3, -0.25) is 4.90 Å². The molecule has 1 saturated heterocycles. The molecule has 1 aromatic rings. The third-order valence-corrected chi connectivity index (χ3v) is 4.98. The van der Waals surface area contributed by atoms with Gasteiger partial charge in [-0.2, -0.15) is 0 Å². The molecule has 2 heterocycles. The Balaban J connectivity index is 1.64. The van der Waals surface area contributed by atoms with Gasteiger partial charge in [0.05, 0.1) is 6.54 Å². The number of nitrogens with zero attached hydrogens (tertiary/aromatic N) is 1. The summed E-state index contributed by atoms with van der Waals surface area (Å²) in [7, 11) is 0. The van der Waals surface area contributed by atoms with Crippen molar-refractivity contribution in [2.75, 3.05) is 26.2 Å². The first kappa shape index (κ1) is 18.0. The molecular formula is C17H27N3O2S. The zero-order valence-corrected chi connectivity index (χ0v) is 14.7. The van der Waals surface area contributed by atoms with E-state index in [0.29, 0.717) is 0 Å². The first-order valence-electron chi connectivity index (χ1n) is 8.16. The second-order valence-electron chi connectivity index (χ2n) is 6.24. The molecular weight excluding hydrogens is 310 g/mol. The van der Waals surface area contributed by atoms with Gasteiger partial charge >= 0.3 is 6.03 Å². The van der Waals surface area contributed by atoms with Gasteiger partial charge in [0.2, 0.25) is 0 Å². The van der Waals surface area contributed by atoms with Crippen molar-refractivity contribution in [3.05, 3.63) is 34.0 Å². The number of aliphatic hydroxyl groups excluding tert-OH is 1. The SMILES string of the molecule is CC(C)=CCN1CCC(NC(=O)NC[C@@H](O)c2cccs2)CC1. The summed E-state index contributed by atoms with van der Waals surface area (Å²) in [6.45, 7) is 7.48. The second kappa shape index (κ2) is 9.05. The maximum absolute atomic E-state index is 11.9. The number of carbonyl (C=O) groups is 1. The molecule has 0 radical (unpaired) electrons. The highest BCUT2D eigenvalue weighted by atomic mass is 32.1. The molecule has 23 heavy (non-hydrogen) atoms. The van der Waals surface area contributed by atoms with Gasteiger partial charge in [0.25, 0.3) is 0 Å². The summed E-state index contributed by atoms with van der Waals surface area (Å²) in [6.07, 6.45) is 3.55. The van der Waals surface area contributed by atoms with Crippen LogP contribution >= 0.6 is 11.3 Å². The highest BCUT2D eigenvalue weighted by molar-refractivity contribution is 7.10. The molecule has 0 unspecified atom stereocenters. The molecule has 2 amide bonds. The Kier molecular flexibility index (Phi) is 7.08. The summed E-state index contributed by atoms with van der Waals surface area (Å²) in [4.78, 5) is 15.2.